The molecule has 0 N–H and O–H groups in total. The van der Waals surface area contributed by atoms with Crippen molar-refractivity contribution in [2.24, 2.45) is 0 Å². The fourth-order valence-corrected chi connectivity index (χ4v) is 2.34. The van der Waals surface area contributed by atoms with Gasteiger partial charge in [-0.3, -0.25) is 9.59 Å². The summed E-state index contributed by atoms with van der Waals surface area (Å²) < 4.78 is 0. The van der Waals surface area contributed by atoms with Gasteiger partial charge in [0.15, 0.2) is 11.6 Å². The molecule has 0 fully saturated rings. The Labute approximate surface area is 104 Å². The highest BCUT2D eigenvalue weighted by Gasteiger charge is 2.23. The summed E-state index contributed by atoms with van der Waals surface area (Å²) in [5, 5.41) is 0. The zero-order chi connectivity index (χ0) is 12.7. The van der Waals surface area contributed by atoms with E-state index in [-0.39, 0.29) is 11.6 Å². The number of hydrogen-bond acceptors (Lipinski definition) is 2. The van der Waals surface area contributed by atoms with Crippen LogP contribution in [0.2, 0.25) is 0 Å². The number of Topliss-reactive ketones (excluding diaryl/α,β-unsaturated/α-hetero) is 2. The van der Waals surface area contributed by atoms with Gasteiger partial charge >= 0.3 is 0 Å². The maximum Gasteiger partial charge on any atom is 0.159 e. The molecule has 0 aromatic heterocycles. The molecule has 0 amide bonds. The first-order valence-electron chi connectivity index (χ1n) is 6.99. The van der Waals surface area contributed by atoms with E-state index in [0.29, 0.717) is 12.8 Å². The Morgan fingerprint density at radius 2 is 1.24 bits per heavy atom. The molecule has 0 unspecified atom stereocenters. The standard InChI is InChI=1S/C15H24O2/c1-3-5-8-12-13(9-6-4-2)15(17)11-7-10-14(12)16/h3-11H2,1-2H3. The van der Waals surface area contributed by atoms with Gasteiger partial charge in [-0.1, -0.05) is 26.7 Å². The summed E-state index contributed by atoms with van der Waals surface area (Å²) in [6.07, 6.45) is 7.68. The van der Waals surface area contributed by atoms with Crippen molar-refractivity contribution in [1.29, 1.82) is 0 Å². The Kier molecular flexibility index (Phi) is 6.17. The maximum atomic E-state index is 12.0. The minimum atomic E-state index is 0.232. The monoisotopic (exact) mass is 236 g/mol. The summed E-state index contributed by atoms with van der Waals surface area (Å²) in [5.74, 6) is 0.464. The van der Waals surface area contributed by atoms with Gasteiger partial charge in [0.2, 0.25) is 0 Å². The second-order valence-electron chi connectivity index (χ2n) is 4.86. The van der Waals surface area contributed by atoms with Crippen LogP contribution in [0.1, 0.15) is 71.6 Å². The number of allylic oxidation sites excluding steroid dienone is 2. The van der Waals surface area contributed by atoms with Gasteiger partial charge in [0, 0.05) is 24.0 Å². The van der Waals surface area contributed by atoms with E-state index in [9.17, 15) is 9.59 Å². The van der Waals surface area contributed by atoms with Gasteiger partial charge in [0.25, 0.3) is 0 Å². The highest BCUT2D eigenvalue weighted by molar-refractivity contribution is 6.07. The summed E-state index contributed by atoms with van der Waals surface area (Å²) in [7, 11) is 0. The lowest BCUT2D eigenvalue weighted by Crippen LogP contribution is -2.08. The molecule has 1 rings (SSSR count). The van der Waals surface area contributed by atoms with E-state index in [1.165, 1.54) is 0 Å². The Bertz CT molecular complexity index is 283. The Hall–Kier alpha value is -0.920. The topological polar surface area (TPSA) is 34.1 Å². The molecule has 0 radical (unpaired) electrons. The predicted molar refractivity (Wildman–Crippen MR) is 69.9 cm³/mol. The van der Waals surface area contributed by atoms with E-state index in [1.54, 1.807) is 0 Å². The Balaban J connectivity index is 2.91. The molecule has 96 valence electrons. The van der Waals surface area contributed by atoms with Gasteiger partial charge in [0.1, 0.15) is 0 Å². The Morgan fingerprint density at radius 1 is 0.824 bits per heavy atom. The zero-order valence-electron chi connectivity index (χ0n) is 11.2. The smallest absolute Gasteiger partial charge is 0.159 e. The van der Waals surface area contributed by atoms with Crippen LogP contribution in [0.3, 0.4) is 0 Å². The SMILES string of the molecule is CCCCC1=C(CCCC)C(=O)CCCC1=O. The molecule has 17 heavy (non-hydrogen) atoms. The lowest BCUT2D eigenvalue weighted by atomic mass is 9.93. The van der Waals surface area contributed by atoms with Gasteiger partial charge in [-0.25, -0.2) is 0 Å². The first-order chi connectivity index (χ1) is 8.20. The van der Waals surface area contributed by atoms with Crippen molar-refractivity contribution < 1.29 is 9.59 Å². The van der Waals surface area contributed by atoms with E-state index in [1.807, 2.05) is 0 Å². The van der Waals surface area contributed by atoms with Gasteiger partial charge in [0.05, 0.1) is 0 Å². The molecular formula is C15H24O2. The quantitative estimate of drug-likeness (QED) is 0.699. The fraction of sp³-hybridized carbons (Fsp3) is 0.733. The third-order valence-electron chi connectivity index (χ3n) is 3.41. The van der Waals surface area contributed by atoms with Gasteiger partial charge in [-0.05, 0) is 32.1 Å². The van der Waals surface area contributed by atoms with Crippen LogP contribution in [0.25, 0.3) is 0 Å². The second kappa shape index (κ2) is 7.41. The highest BCUT2D eigenvalue weighted by Crippen LogP contribution is 2.26. The minimum absolute atomic E-state index is 0.232. The molecule has 0 spiro atoms. The van der Waals surface area contributed by atoms with E-state index < -0.39 is 0 Å². The highest BCUT2D eigenvalue weighted by atomic mass is 16.1. The van der Waals surface area contributed by atoms with E-state index >= 15 is 0 Å². The molecule has 0 aliphatic heterocycles. The van der Waals surface area contributed by atoms with Crippen LogP contribution in [0.5, 0.6) is 0 Å². The molecule has 0 saturated heterocycles. The summed E-state index contributed by atoms with van der Waals surface area (Å²) in [4.78, 5) is 24.1. The van der Waals surface area contributed by atoms with Crippen LogP contribution >= 0.6 is 0 Å². The van der Waals surface area contributed by atoms with Crippen LogP contribution in [-0.4, -0.2) is 11.6 Å². The van der Waals surface area contributed by atoms with E-state index in [4.69, 9.17) is 0 Å². The third-order valence-corrected chi connectivity index (χ3v) is 3.41. The molecule has 1 aliphatic carbocycles. The van der Waals surface area contributed by atoms with Crippen molar-refractivity contribution in [3.8, 4) is 0 Å². The normalized spacial score (nSPS) is 17.5. The molecule has 2 nitrogen and oxygen atoms in total. The maximum absolute atomic E-state index is 12.0. The number of ketones is 2. The number of hydrogen-bond donors (Lipinski definition) is 0. The predicted octanol–water partition coefficient (Wildman–Crippen LogP) is 3.99. The molecular weight excluding hydrogens is 212 g/mol. The average molecular weight is 236 g/mol. The Morgan fingerprint density at radius 3 is 1.59 bits per heavy atom. The lowest BCUT2D eigenvalue weighted by Gasteiger charge is -2.10. The van der Waals surface area contributed by atoms with Crippen molar-refractivity contribution in [2.75, 3.05) is 0 Å². The largest absolute Gasteiger partial charge is 0.295 e. The van der Waals surface area contributed by atoms with Crippen molar-refractivity contribution in [1.82, 2.24) is 0 Å². The van der Waals surface area contributed by atoms with Crippen molar-refractivity contribution in [3.05, 3.63) is 11.1 Å². The first kappa shape index (κ1) is 14.1. The number of unbranched alkanes of at least 4 members (excludes halogenated alkanes) is 2. The van der Waals surface area contributed by atoms with Gasteiger partial charge < -0.3 is 0 Å². The fourth-order valence-electron chi connectivity index (χ4n) is 2.34. The number of rotatable bonds is 6. The van der Waals surface area contributed by atoms with Crippen LogP contribution in [0, 0.1) is 0 Å². The number of carbonyl (C=O) groups is 2. The lowest BCUT2D eigenvalue weighted by molar-refractivity contribution is -0.116. The zero-order valence-corrected chi connectivity index (χ0v) is 11.2. The average Bonchev–Trinajstić information content (AvgIpc) is 2.44. The van der Waals surface area contributed by atoms with E-state index in [0.717, 1.165) is 56.1 Å². The molecule has 0 atom stereocenters. The summed E-state index contributed by atoms with van der Waals surface area (Å²) in [5.41, 5.74) is 1.73. The van der Waals surface area contributed by atoms with Gasteiger partial charge in [-0.2, -0.15) is 0 Å². The van der Waals surface area contributed by atoms with Crippen LogP contribution in [0.15, 0.2) is 11.1 Å². The third kappa shape index (κ3) is 4.10. The summed E-state index contributed by atoms with van der Waals surface area (Å²) in [6.45, 7) is 4.24. The van der Waals surface area contributed by atoms with Crippen molar-refractivity contribution in [2.45, 2.75) is 71.6 Å². The van der Waals surface area contributed by atoms with E-state index in [2.05, 4.69) is 13.8 Å². The second-order valence-corrected chi connectivity index (χ2v) is 4.86. The molecule has 2 heteroatoms. The molecule has 0 aromatic carbocycles. The van der Waals surface area contributed by atoms with Crippen LogP contribution in [-0.2, 0) is 9.59 Å². The van der Waals surface area contributed by atoms with Crippen molar-refractivity contribution >= 4 is 11.6 Å². The molecule has 0 heterocycles. The van der Waals surface area contributed by atoms with Crippen molar-refractivity contribution in [3.63, 3.8) is 0 Å². The number of carbonyl (C=O) groups excluding carboxylic acids is 2. The molecule has 0 bridgehead atoms. The molecule has 0 aromatic rings. The van der Waals surface area contributed by atoms with Crippen LogP contribution in [0.4, 0.5) is 0 Å². The summed E-state index contributed by atoms with van der Waals surface area (Å²) in [6, 6.07) is 0. The molecule has 1 aliphatic rings. The summed E-state index contributed by atoms with van der Waals surface area (Å²) >= 11 is 0. The molecule has 0 saturated carbocycles. The first-order valence-corrected chi connectivity index (χ1v) is 6.99. The van der Waals surface area contributed by atoms with Gasteiger partial charge in [-0.15, -0.1) is 0 Å². The minimum Gasteiger partial charge on any atom is -0.295 e. The van der Waals surface area contributed by atoms with Crippen LogP contribution < -0.4 is 0 Å².